The molecular formula is C10H8ClNO2. The number of methoxy groups -OCH3 is 1. The van der Waals surface area contributed by atoms with Gasteiger partial charge in [0.05, 0.1) is 7.11 Å². The first-order valence-electron chi connectivity index (χ1n) is 4.04. The summed E-state index contributed by atoms with van der Waals surface area (Å²) in [5.74, 6) is 0.622. The second-order valence-corrected chi connectivity index (χ2v) is 3.19. The van der Waals surface area contributed by atoms with E-state index in [1.54, 1.807) is 19.2 Å². The maximum atomic E-state index is 9.35. The maximum absolute atomic E-state index is 9.35. The quantitative estimate of drug-likeness (QED) is 0.735. The summed E-state index contributed by atoms with van der Waals surface area (Å²) in [5, 5.41) is 10.2. The molecule has 72 valence electrons. The zero-order valence-electron chi connectivity index (χ0n) is 7.49. The lowest BCUT2D eigenvalue weighted by molar-refractivity contribution is 0.418. The Kier molecular flexibility index (Phi) is 2.17. The Morgan fingerprint density at radius 2 is 2.21 bits per heavy atom. The van der Waals surface area contributed by atoms with Crippen molar-refractivity contribution in [1.82, 2.24) is 4.98 Å². The largest absolute Gasteiger partial charge is 0.505 e. The minimum atomic E-state index is -0.0209. The van der Waals surface area contributed by atoms with Crippen LogP contribution in [-0.4, -0.2) is 17.2 Å². The molecule has 0 unspecified atom stereocenters. The van der Waals surface area contributed by atoms with Gasteiger partial charge < -0.3 is 9.84 Å². The molecule has 0 aliphatic carbocycles. The van der Waals surface area contributed by atoms with Crippen molar-refractivity contribution < 1.29 is 9.84 Å². The van der Waals surface area contributed by atoms with Gasteiger partial charge in [0, 0.05) is 5.39 Å². The molecule has 0 bridgehead atoms. The first kappa shape index (κ1) is 9.09. The first-order chi connectivity index (χ1) is 6.72. The molecule has 0 saturated carbocycles. The van der Waals surface area contributed by atoms with Crippen LogP contribution in [0.4, 0.5) is 0 Å². The van der Waals surface area contributed by atoms with Gasteiger partial charge in [0.15, 0.2) is 10.9 Å². The minimum absolute atomic E-state index is 0.0209. The smallest absolute Gasteiger partial charge is 0.171 e. The average Bonchev–Trinajstić information content (AvgIpc) is 2.19. The topological polar surface area (TPSA) is 42.4 Å². The van der Waals surface area contributed by atoms with Crippen molar-refractivity contribution in [3.05, 3.63) is 29.4 Å². The van der Waals surface area contributed by atoms with Crippen LogP contribution >= 0.6 is 11.6 Å². The lowest BCUT2D eigenvalue weighted by atomic mass is 10.2. The van der Waals surface area contributed by atoms with Crippen molar-refractivity contribution in [3.63, 3.8) is 0 Å². The van der Waals surface area contributed by atoms with Gasteiger partial charge >= 0.3 is 0 Å². The molecule has 1 N–H and O–H groups in total. The molecule has 4 heteroatoms. The molecule has 0 aliphatic rings. The Morgan fingerprint density at radius 3 is 2.93 bits per heavy atom. The number of hydrogen-bond donors (Lipinski definition) is 1. The van der Waals surface area contributed by atoms with E-state index in [9.17, 15) is 5.11 Å². The van der Waals surface area contributed by atoms with Gasteiger partial charge in [0.1, 0.15) is 11.3 Å². The Bertz CT molecular complexity index is 485. The molecule has 1 heterocycles. The van der Waals surface area contributed by atoms with Crippen LogP contribution < -0.4 is 4.74 Å². The SMILES string of the molecule is COc1cccc2cc(O)c(Cl)nc12. The molecule has 1 aromatic heterocycles. The van der Waals surface area contributed by atoms with E-state index in [-0.39, 0.29) is 10.9 Å². The molecule has 3 nitrogen and oxygen atoms in total. The number of para-hydroxylation sites is 1. The fourth-order valence-corrected chi connectivity index (χ4v) is 1.44. The van der Waals surface area contributed by atoms with E-state index in [0.717, 1.165) is 5.39 Å². The zero-order valence-corrected chi connectivity index (χ0v) is 8.25. The zero-order chi connectivity index (χ0) is 10.1. The van der Waals surface area contributed by atoms with E-state index in [1.807, 2.05) is 12.1 Å². The van der Waals surface area contributed by atoms with Crippen LogP contribution in [0, 0.1) is 0 Å². The number of hydrogen-bond acceptors (Lipinski definition) is 3. The molecule has 0 amide bonds. The molecule has 1 aromatic carbocycles. The number of aromatic hydroxyl groups is 1. The van der Waals surface area contributed by atoms with Crippen LogP contribution in [0.25, 0.3) is 10.9 Å². The molecular weight excluding hydrogens is 202 g/mol. The third-order valence-corrected chi connectivity index (χ3v) is 2.24. The fraction of sp³-hybridized carbons (Fsp3) is 0.100. The number of pyridine rings is 1. The molecule has 0 fully saturated rings. The fourth-order valence-electron chi connectivity index (χ4n) is 1.30. The summed E-state index contributed by atoms with van der Waals surface area (Å²) in [5.41, 5.74) is 0.651. The summed E-state index contributed by atoms with van der Waals surface area (Å²) < 4.78 is 5.12. The number of benzene rings is 1. The highest BCUT2D eigenvalue weighted by molar-refractivity contribution is 6.31. The maximum Gasteiger partial charge on any atom is 0.171 e. The van der Waals surface area contributed by atoms with Crippen LogP contribution in [0.1, 0.15) is 0 Å². The Hall–Kier alpha value is -1.48. The number of ether oxygens (including phenoxy) is 1. The first-order valence-corrected chi connectivity index (χ1v) is 4.42. The molecule has 14 heavy (non-hydrogen) atoms. The predicted octanol–water partition coefficient (Wildman–Crippen LogP) is 2.60. The van der Waals surface area contributed by atoms with E-state index in [2.05, 4.69) is 4.98 Å². The molecule has 0 radical (unpaired) electrons. The highest BCUT2D eigenvalue weighted by atomic mass is 35.5. The van der Waals surface area contributed by atoms with Gasteiger partial charge in [-0.05, 0) is 12.1 Å². The summed E-state index contributed by atoms with van der Waals surface area (Å²) in [6, 6.07) is 7.02. The van der Waals surface area contributed by atoms with Gasteiger partial charge in [-0.2, -0.15) is 0 Å². The number of fused-ring (bicyclic) bond motifs is 1. The Labute approximate surface area is 85.9 Å². The summed E-state index contributed by atoms with van der Waals surface area (Å²) in [4.78, 5) is 4.04. The van der Waals surface area contributed by atoms with Crippen molar-refractivity contribution in [2.24, 2.45) is 0 Å². The van der Waals surface area contributed by atoms with Gasteiger partial charge in [-0.15, -0.1) is 0 Å². The van der Waals surface area contributed by atoms with E-state index in [1.165, 1.54) is 0 Å². The number of halogens is 1. The highest BCUT2D eigenvalue weighted by Gasteiger charge is 2.06. The van der Waals surface area contributed by atoms with Crippen LogP contribution in [0.3, 0.4) is 0 Å². The summed E-state index contributed by atoms with van der Waals surface area (Å²) in [6.07, 6.45) is 0. The van der Waals surface area contributed by atoms with E-state index >= 15 is 0 Å². The van der Waals surface area contributed by atoms with Crippen LogP contribution in [0.15, 0.2) is 24.3 Å². The summed E-state index contributed by atoms with van der Waals surface area (Å²) >= 11 is 5.70. The van der Waals surface area contributed by atoms with Crippen molar-refractivity contribution in [2.45, 2.75) is 0 Å². The van der Waals surface area contributed by atoms with Crippen LogP contribution in [0.5, 0.6) is 11.5 Å². The predicted molar refractivity (Wildman–Crippen MR) is 55.0 cm³/mol. The normalized spacial score (nSPS) is 10.4. The molecule has 0 atom stereocenters. The van der Waals surface area contributed by atoms with Crippen molar-refractivity contribution >= 4 is 22.5 Å². The standard InChI is InChI=1S/C10H8ClNO2/c1-14-8-4-2-3-6-5-7(13)10(11)12-9(6)8/h2-5,13H,1H3. The lowest BCUT2D eigenvalue weighted by Gasteiger charge is -2.05. The minimum Gasteiger partial charge on any atom is -0.505 e. The third-order valence-electron chi connectivity index (χ3n) is 1.96. The third kappa shape index (κ3) is 1.36. The second-order valence-electron chi connectivity index (χ2n) is 2.83. The van der Waals surface area contributed by atoms with Gasteiger partial charge in [0.25, 0.3) is 0 Å². The number of nitrogens with zero attached hydrogens (tertiary/aromatic N) is 1. The lowest BCUT2D eigenvalue weighted by Crippen LogP contribution is -1.87. The van der Waals surface area contributed by atoms with E-state index < -0.39 is 0 Å². The molecule has 0 spiro atoms. The van der Waals surface area contributed by atoms with Crippen molar-refractivity contribution in [3.8, 4) is 11.5 Å². The average molecular weight is 210 g/mol. The molecule has 0 aliphatic heterocycles. The van der Waals surface area contributed by atoms with Crippen LogP contribution in [0.2, 0.25) is 5.15 Å². The van der Waals surface area contributed by atoms with Crippen molar-refractivity contribution in [2.75, 3.05) is 7.11 Å². The van der Waals surface area contributed by atoms with Crippen molar-refractivity contribution in [1.29, 1.82) is 0 Å². The molecule has 0 saturated heterocycles. The van der Waals surface area contributed by atoms with Gasteiger partial charge in [-0.1, -0.05) is 23.7 Å². The molecule has 2 aromatic rings. The Morgan fingerprint density at radius 1 is 1.43 bits per heavy atom. The number of rotatable bonds is 1. The van der Waals surface area contributed by atoms with Crippen LogP contribution in [-0.2, 0) is 0 Å². The van der Waals surface area contributed by atoms with E-state index in [0.29, 0.717) is 11.3 Å². The monoisotopic (exact) mass is 209 g/mol. The highest BCUT2D eigenvalue weighted by Crippen LogP contribution is 2.30. The summed E-state index contributed by atoms with van der Waals surface area (Å²) in [7, 11) is 1.57. The molecule has 2 rings (SSSR count). The summed E-state index contributed by atoms with van der Waals surface area (Å²) in [6.45, 7) is 0. The second kappa shape index (κ2) is 3.35. The van der Waals surface area contributed by atoms with E-state index in [4.69, 9.17) is 16.3 Å². The Balaban J connectivity index is 2.81. The van der Waals surface area contributed by atoms with Gasteiger partial charge in [0.2, 0.25) is 0 Å². The van der Waals surface area contributed by atoms with Gasteiger partial charge in [-0.3, -0.25) is 0 Å². The number of aromatic nitrogens is 1. The van der Waals surface area contributed by atoms with Gasteiger partial charge in [-0.25, -0.2) is 4.98 Å².